The van der Waals surface area contributed by atoms with E-state index in [-0.39, 0.29) is 11.5 Å². The molecule has 2 amide bonds. The van der Waals surface area contributed by atoms with Crippen molar-refractivity contribution >= 4 is 27.5 Å². The average molecular weight is 316 g/mol. The topological polar surface area (TPSA) is 122 Å². The molecule has 1 unspecified atom stereocenters. The summed E-state index contributed by atoms with van der Waals surface area (Å²) < 4.78 is 27.2. The van der Waals surface area contributed by atoms with Gasteiger partial charge in [-0.25, -0.2) is 18.0 Å². The summed E-state index contributed by atoms with van der Waals surface area (Å²) in [6, 6.07) is 3.59. The molecule has 0 aromatic heterocycles. The van der Waals surface area contributed by atoms with Gasteiger partial charge in [0.2, 0.25) is 0 Å². The molecular formula is C12H16N2O6S. The standard InChI is InChI=1S/C12H16N2O6S/c1-20-7-10(11(15)16)14-12(17)13-8-3-5-9(6-4-8)21(2,18)19/h3-6,10H,7H2,1-2H3,(H,15,16)(H2,13,14,17). The van der Waals surface area contributed by atoms with Crippen molar-refractivity contribution in [1.29, 1.82) is 0 Å². The number of hydrogen-bond acceptors (Lipinski definition) is 5. The number of ether oxygens (including phenoxy) is 1. The van der Waals surface area contributed by atoms with Crippen LogP contribution in [-0.4, -0.2) is 51.5 Å². The Bertz CT molecular complexity index is 611. The van der Waals surface area contributed by atoms with Crippen molar-refractivity contribution < 1.29 is 27.9 Å². The van der Waals surface area contributed by atoms with E-state index in [0.29, 0.717) is 5.69 Å². The second-order valence-corrected chi connectivity index (χ2v) is 6.26. The zero-order chi connectivity index (χ0) is 16.0. The number of carbonyl (C=O) groups is 2. The quantitative estimate of drug-likeness (QED) is 0.694. The molecule has 0 aliphatic heterocycles. The van der Waals surface area contributed by atoms with Crippen LogP contribution in [0.3, 0.4) is 0 Å². The number of benzene rings is 1. The van der Waals surface area contributed by atoms with Crippen molar-refractivity contribution in [3.05, 3.63) is 24.3 Å². The van der Waals surface area contributed by atoms with Gasteiger partial charge in [-0.3, -0.25) is 0 Å². The molecule has 0 aliphatic carbocycles. The lowest BCUT2D eigenvalue weighted by Crippen LogP contribution is -2.45. The minimum absolute atomic E-state index is 0.122. The van der Waals surface area contributed by atoms with Gasteiger partial charge in [0.1, 0.15) is 0 Å². The van der Waals surface area contributed by atoms with Crippen LogP contribution in [0.2, 0.25) is 0 Å². The number of carboxylic acid groups (broad SMARTS) is 1. The van der Waals surface area contributed by atoms with Gasteiger partial charge in [-0.15, -0.1) is 0 Å². The van der Waals surface area contributed by atoms with Gasteiger partial charge in [-0.1, -0.05) is 0 Å². The molecule has 1 atom stereocenters. The van der Waals surface area contributed by atoms with Crippen LogP contribution >= 0.6 is 0 Å². The predicted molar refractivity (Wildman–Crippen MR) is 75.0 cm³/mol. The van der Waals surface area contributed by atoms with Gasteiger partial charge in [0, 0.05) is 19.1 Å². The lowest BCUT2D eigenvalue weighted by Gasteiger charge is -2.14. The summed E-state index contributed by atoms with van der Waals surface area (Å²) in [6.45, 7) is -0.171. The third kappa shape index (κ3) is 5.40. The van der Waals surface area contributed by atoms with Crippen molar-refractivity contribution in [3.8, 4) is 0 Å². The minimum atomic E-state index is -3.31. The molecule has 21 heavy (non-hydrogen) atoms. The van der Waals surface area contributed by atoms with E-state index in [2.05, 4.69) is 15.4 Å². The van der Waals surface area contributed by atoms with Crippen LogP contribution in [0.4, 0.5) is 10.5 Å². The van der Waals surface area contributed by atoms with Crippen LogP contribution < -0.4 is 10.6 Å². The molecule has 0 spiro atoms. The highest BCUT2D eigenvalue weighted by atomic mass is 32.2. The monoisotopic (exact) mass is 316 g/mol. The van der Waals surface area contributed by atoms with E-state index in [9.17, 15) is 18.0 Å². The number of urea groups is 1. The van der Waals surface area contributed by atoms with Crippen LogP contribution in [0.15, 0.2) is 29.2 Å². The highest BCUT2D eigenvalue weighted by Gasteiger charge is 2.19. The zero-order valence-electron chi connectivity index (χ0n) is 11.5. The normalized spacial score (nSPS) is 12.5. The molecule has 0 heterocycles. The van der Waals surface area contributed by atoms with E-state index in [1.807, 2.05) is 0 Å². The number of rotatable bonds is 6. The van der Waals surface area contributed by atoms with Crippen LogP contribution in [-0.2, 0) is 19.4 Å². The number of aliphatic carboxylic acids is 1. The summed E-state index contributed by atoms with van der Waals surface area (Å²) in [4.78, 5) is 22.6. The number of methoxy groups -OCH3 is 1. The molecule has 8 nitrogen and oxygen atoms in total. The Kier molecular flexibility index (Phi) is 5.68. The van der Waals surface area contributed by atoms with Crippen molar-refractivity contribution in [2.24, 2.45) is 0 Å². The average Bonchev–Trinajstić information content (AvgIpc) is 2.37. The van der Waals surface area contributed by atoms with Gasteiger partial charge >= 0.3 is 12.0 Å². The van der Waals surface area contributed by atoms with Crippen LogP contribution in [0.25, 0.3) is 0 Å². The summed E-state index contributed by atoms with van der Waals surface area (Å²) >= 11 is 0. The molecule has 0 aliphatic rings. The number of sulfone groups is 1. The van der Waals surface area contributed by atoms with Crippen LogP contribution in [0.5, 0.6) is 0 Å². The summed E-state index contributed by atoms with van der Waals surface area (Å²) in [5, 5.41) is 13.5. The van der Waals surface area contributed by atoms with E-state index < -0.39 is 27.9 Å². The first-order valence-corrected chi connectivity index (χ1v) is 7.72. The number of amides is 2. The van der Waals surface area contributed by atoms with E-state index in [0.717, 1.165) is 6.26 Å². The van der Waals surface area contributed by atoms with Gasteiger partial charge in [-0.05, 0) is 24.3 Å². The molecule has 1 aromatic rings. The lowest BCUT2D eigenvalue weighted by atomic mass is 10.3. The molecule has 1 aromatic carbocycles. The van der Waals surface area contributed by atoms with Crippen molar-refractivity contribution in [3.63, 3.8) is 0 Å². The Morgan fingerprint density at radius 3 is 2.29 bits per heavy atom. The second kappa shape index (κ2) is 7.04. The molecule has 0 radical (unpaired) electrons. The molecule has 0 saturated heterocycles. The van der Waals surface area contributed by atoms with E-state index in [1.54, 1.807) is 0 Å². The van der Waals surface area contributed by atoms with Crippen molar-refractivity contribution in [1.82, 2.24) is 5.32 Å². The molecule has 0 bridgehead atoms. The molecule has 3 N–H and O–H groups in total. The fourth-order valence-electron chi connectivity index (χ4n) is 1.45. The lowest BCUT2D eigenvalue weighted by molar-refractivity contribution is -0.140. The maximum Gasteiger partial charge on any atom is 0.328 e. The van der Waals surface area contributed by atoms with E-state index in [4.69, 9.17) is 5.11 Å². The first-order valence-electron chi connectivity index (χ1n) is 5.83. The summed E-state index contributed by atoms with van der Waals surface area (Å²) in [6.07, 6.45) is 1.07. The number of carboxylic acids is 1. The number of anilines is 1. The molecule has 0 saturated carbocycles. The fourth-order valence-corrected chi connectivity index (χ4v) is 2.08. The zero-order valence-corrected chi connectivity index (χ0v) is 12.3. The smallest absolute Gasteiger partial charge is 0.328 e. The number of carbonyl (C=O) groups excluding carboxylic acids is 1. The Balaban J connectivity index is 2.68. The van der Waals surface area contributed by atoms with Crippen molar-refractivity contribution in [2.75, 3.05) is 25.3 Å². The van der Waals surface area contributed by atoms with E-state index in [1.165, 1.54) is 31.4 Å². The van der Waals surface area contributed by atoms with Gasteiger partial charge in [0.15, 0.2) is 15.9 Å². The Hall–Kier alpha value is -2.13. The maximum absolute atomic E-state index is 11.6. The number of nitrogens with one attached hydrogen (secondary N) is 2. The highest BCUT2D eigenvalue weighted by Crippen LogP contribution is 2.13. The number of hydrogen-bond donors (Lipinski definition) is 3. The Morgan fingerprint density at radius 1 is 1.29 bits per heavy atom. The first kappa shape index (κ1) is 16.9. The van der Waals surface area contributed by atoms with Crippen molar-refractivity contribution in [2.45, 2.75) is 10.9 Å². The Labute approximate surface area is 122 Å². The van der Waals surface area contributed by atoms with Crippen LogP contribution in [0.1, 0.15) is 0 Å². The van der Waals surface area contributed by atoms with Gasteiger partial charge in [0.25, 0.3) is 0 Å². The molecule has 9 heteroatoms. The third-order valence-corrected chi connectivity index (χ3v) is 3.61. The van der Waals surface area contributed by atoms with Crippen LogP contribution in [0, 0.1) is 0 Å². The summed E-state index contributed by atoms with van der Waals surface area (Å²) in [5.41, 5.74) is 0.335. The predicted octanol–water partition coefficient (Wildman–Crippen LogP) is 0.311. The highest BCUT2D eigenvalue weighted by molar-refractivity contribution is 7.90. The molecule has 1 rings (SSSR count). The summed E-state index contributed by atoms with van der Waals surface area (Å²) in [7, 11) is -1.99. The maximum atomic E-state index is 11.6. The summed E-state index contributed by atoms with van der Waals surface area (Å²) in [5.74, 6) is -1.22. The first-order chi connectivity index (χ1) is 9.74. The molecule has 116 valence electrons. The Morgan fingerprint density at radius 2 is 1.86 bits per heavy atom. The second-order valence-electron chi connectivity index (χ2n) is 4.24. The minimum Gasteiger partial charge on any atom is -0.480 e. The van der Waals surface area contributed by atoms with Gasteiger partial charge < -0.3 is 20.5 Å². The largest absolute Gasteiger partial charge is 0.480 e. The van der Waals surface area contributed by atoms with Gasteiger partial charge in [0.05, 0.1) is 11.5 Å². The van der Waals surface area contributed by atoms with Gasteiger partial charge in [-0.2, -0.15) is 0 Å². The van der Waals surface area contributed by atoms with E-state index >= 15 is 0 Å². The third-order valence-electron chi connectivity index (χ3n) is 2.48. The SMILES string of the molecule is COCC(NC(=O)Nc1ccc(S(C)(=O)=O)cc1)C(=O)O. The molecular weight excluding hydrogens is 300 g/mol. The molecule has 0 fully saturated rings. The fraction of sp³-hybridized carbons (Fsp3) is 0.333.